The summed E-state index contributed by atoms with van der Waals surface area (Å²) in [4.78, 5) is 23.0. The fraction of sp³-hybridized carbons (Fsp3) is 0.400. The molecule has 1 saturated carbocycles. The van der Waals surface area contributed by atoms with Crippen LogP contribution in [0.3, 0.4) is 0 Å². The molecule has 0 saturated heterocycles. The van der Waals surface area contributed by atoms with Crippen LogP contribution in [0.5, 0.6) is 0 Å². The molecular weight excluding hydrogens is 401 g/mol. The van der Waals surface area contributed by atoms with Gasteiger partial charge in [0.05, 0.1) is 12.2 Å². The van der Waals surface area contributed by atoms with Crippen molar-refractivity contribution >= 4 is 33.3 Å². The molecule has 1 aliphatic carbocycles. The number of amides is 1. The molecule has 0 spiro atoms. The van der Waals surface area contributed by atoms with Crippen LogP contribution in [-0.4, -0.2) is 39.0 Å². The van der Waals surface area contributed by atoms with Gasteiger partial charge in [-0.05, 0) is 31.4 Å². The van der Waals surface area contributed by atoms with Crippen molar-refractivity contribution in [3.8, 4) is 0 Å². The molecule has 5 nitrogen and oxygen atoms in total. The van der Waals surface area contributed by atoms with Crippen LogP contribution in [0.1, 0.15) is 40.3 Å². The van der Waals surface area contributed by atoms with Gasteiger partial charge in [0, 0.05) is 28.7 Å². The third-order valence-electron chi connectivity index (χ3n) is 5.87. The molecule has 1 aliphatic heterocycles. The Balaban J connectivity index is 1.34. The van der Waals surface area contributed by atoms with Crippen LogP contribution in [0, 0.1) is 0 Å². The minimum Gasteiger partial charge on any atom is -0.351 e. The van der Waals surface area contributed by atoms with E-state index in [0.29, 0.717) is 36.8 Å². The molecule has 152 valence electrons. The van der Waals surface area contributed by atoms with Gasteiger partial charge >= 0.3 is 6.18 Å². The summed E-state index contributed by atoms with van der Waals surface area (Å²) in [5, 5.41) is 3.92. The third-order valence-corrected chi connectivity index (χ3v) is 6.87. The number of aromatic nitrogens is 2. The zero-order chi connectivity index (χ0) is 20.2. The highest BCUT2D eigenvalue weighted by Gasteiger charge is 2.58. The molecule has 5 rings (SSSR count). The Morgan fingerprint density at radius 2 is 2.07 bits per heavy atom. The lowest BCUT2D eigenvalue weighted by Crippen LogP contribution is -2.56. The number of carbonyl (C=O) groups excluding carboxylic acids is 1. The summed E-state index contributed by atoms with van der Waals surface area (Å²) in [5.41, 5.74) is 0.349. The number of nitrogens with zero attached hydrogens (tertiary/aromatic N) is 2. The standard InChI is InChI=1S/C20H19F3N4OS/c21-20(22,23)19(7-3-8-19)26-18-25-14-6-9-27(11-16(14)29-18)17(28)15-10-12-4-1-2-5-13(12)24-15/h1-2,4-5,10,24H,3,6-9,11H2,(H,25,26). The number of halogens is 3. The predicted molar refractivity (Wildman–Crippen MR) is 105 cm³/mol. The Kier molecular flexibility index (Phi) is 4.13. The smallest absolute Gasteiger partial charge is 0.351 e. The van der Waals surface area contributed by atoms with E-state index >= 15 is 0 Å². The van der Waals surface area contributed by atoms with Crippen LogP contribution < -0.4 is 5.32 Å². The highest BCUT2D eigenvalue weighted by molar-refractivity contribution is 7.15. The number of nitrogens with one attached hydrogen (secondary N) is 2. The van der Waals surface area contributed by atoms with Gasteiger partial charge < -0.3 is 15.2 Å². The van der Waals surface area contributed by atoms with Gasteiger partial charge in [0.1, 0.15) is 11.2 Å². The predicted octanol–water partition coefficient (Wildman–Crippen LogP) is 4.72. The van der Waals surface area contributed by atoms with E-state index in [1.807, 2.05) is 30.3 Å². The second-order valence-electron chi connectivity index (χ2n) is 7.69. The SMILES string of the molecule is O=C(c1cc2ccccc2[nH]1)N1CCc2nc(NC3(C(F)(F)F)CCC3)sc2C1. The van der Waals surface area contributed by atoms with Gasteiger partial charge in [0.2, 0.25) is 0 Å². The Labute approximate surface area is 168 Å². The van der Waals surface area contributed by atoms with Crippen molar-refractivity contribution in [2.45, 2.75) is 43.9 Å². The number of para-hydroxylation sites is 1. The van der Waals surface area contributed by atoms with Crippen LogP contribution in [0.4, 0.5) is 18.3 Å². The number of hydrogen-bond donors (Lipinski definition) is 2. The number of aromatic amines is 1. The number of thiazole rings is 1. The number of benzene rings is 1. The average Bonchev–Trinajstić information content (AvgIpc) is 3.25. The number of rotatable bonds is 3. The number of fused-ring (bicyclic) bond motifs is 2. The first-order valence-electron chi connectivity index (χ1n) is 9.55. The number of hydrogen-bond acceptors (Lipinski definition) is 4. The van der Waals surface area contributed by atoms with Crippen molar-refractivity contribution in [1.82, 2.24) is 14.9 Å². The molecular formula is C20H19F3N4OS. The van der Waals surface area contributed by atoms with Crippen molar-refractivity contribution in [1.29, 1.82) is 0 Å². The molecule has 3 aromatic rings. The van der Waals surface area contributed by atoms with Crippen LogP contribution in [0.15, 0.2) is 30.3 Å². The Bertz CT molecular complexity index is 1050. The molecule has 9 heteroatoms. The maximum atomic E-state index is 13.4. The largest absolute Gasteiger partial charge is 0.411 e. The van der Waals surface area contributed by atoms with Crippen molar-refractivity contribution < 1.29 is 18.0 Å². The molecule has 1 aromatic carbocycles. The van der Waals surface area contributed by atoms with Crippen LogP contribution in [0.25, 0.3) is 10.9 Å². The van der Waals surface area contributed by atoms with E-state index in [4.69, 9.17) is 0 Å². The summed E-state index contributed by atoms with van der Waals surface area (Å²) in [6, 6.07) is 9.51. The van der Waals surface area contributed by atoms with E-state index in [1.165, 1.54) is 11.3 Å². The summed E-state index contributed by atoms with van der Waals surface area (Å²) >= 11 is 1.22. The molecule has 3 heterocycles. The quantitative estimate of drug-likeness (QED) is 0.645. The van der Waals surface area contributed by atoms with Crippen LogP contribution in [-0.2, 0) is 13.0 Å². The van der Waals surface area contributed by atoms with E-state index in [-0.39, 0.29) is 18.7 Å². The summed E-state index contributed by atoms with van der Waals surface area (Å²) < 4.78 is 40.3. The van der Waals surface area contributed by atoms with Gasteiger partial charge in [0.25, 0.3) is 5.91 Å². The lowest BCUT2D eigenvalue weighted by Gasteiger charge is -2.43. The van der Waals surface area contributed by atoms with Crippen molar-refractivity contribution in [3.05, 3.63) is 46.6 Å². The Morgan fingerprint density at radius 1 is 1.28 bits per heavy atom. The normalized spacial score (nSPS) is 18.4. The van der Waals surface area contributed by atoms with Gasteiger partial charge in [-0.25, -0.2) is 4.98 Å². The highest BCUT2D eigenvalue weighted by Crippen LogP contribution is 2.48. The van der Waals surface area contributed by atoms with E-state index in [1.54, 1.807) is 4.90 Å². The molecule has 1 fully saturated rings. The maximum Gasteiger partial charge on any atom is 0.411 e. The number of carbonyl (C=O) groups is 1. The van der Waals surface area contributed by atoms with E-state index in [0.717, 1.165) is 21.5 Å². The molecule has 1 amide bonds. The van der Waals surface area contributed by atoms with Crippen molar-refractivity contribution in [2.24, 2.45) is 0 Å². The summed E-state index contributed by atoms with van der Waals surface area (Å²) in [6.45, 7) is 0.858. The van der Waals surface area contributed by atoms with Gasteiger partial charge in [-0.1, -0.05) is 29.5 Å². The van der Waals surface area contributed by atoms with Gasteiger partial charge in [0.15, 0.2) is 5.13 Å². The fourth-order valence-electron chi connectivity index (χ4n) is 4.00. The topological polar surface area (TPSA) is 61.0 Å². The van der Waals surface area contributed by atoms with Gasteiger partial charge in [-0.3, -0.25) is 4.79 Å². The zero-order valence-electron chi connectivity index (χ0n) is 15.5. The second kappa shape index (κ2) is 6.48. The number of H-pyrrole nitrogens is 1. The maximum absolute atomic E-state index is 13.4. The van der Waals surface area contributed by atoms with E-state index in [2.05, 4.69) is 15.3 Å². The molecule has 2 aromatic heterocycles. The number of anilines is 1. The molecule has 0 radical (unpaired) electrons. The lowest BCUT2D eigenvalue weighted by atomic mass is 9.76. The minimum absolute atomic E-state index is 0.0751. The summed E-state index contributed by atoms with van der Waals surface area (Å²) in [6.07, 6.45) is -3.05. The van der Waals surface area contributed by atoms with E-state index < -0.39 is 11.7 Å². The molecule has 2 N–H and O–H groups in total. The number of alkyl halides is 3. The highest BCUT2D eigenvalue weighted by atomic mass is 32.1. The molecule has 0 unspecified atom stereocenters. The average molecular weight is 420 g/mol. The molecule has 2 aliphatic rings. The summed E-state index contributed by atoms with van der Waals surface area (Å²) in [5.74, 6) is -0.111. The molecule has 0 bridgehead atoms. The van der Waals surface area contributed by atoms with Gasteiger partial charge in [-0.2, -0.15) is 13.2 Å². The fourth-order valence-corrected chi connectivity index (χ4v) is 5.12. The Hall–Kier alpha value is -2.55. The molecule has 29 heavy (non-hydrogen) atoms. The van der Waals surface area contributed by atoms with Crippen molar-refractivity contribution in [3.63, 3.8) is 0 Å². The van der Waals surface area contributed by atoms with Gasteiger partial charge in [-0.15, -0.1) is 0 Å². The Morgan fingerprint density at radius 3 is 2.76 bits per heavy atom. The zero-order valence-corrected chi connectivity index (χ0v) is 16.3. The lowest BCUT2D eigenvalue weighted by molar-refractivity contribution is -0.198. The second-order valence-corrected chi connectivity index (χ2v) is 8.78. The molecule has 0 atom stereocenters. The van der Waals surface area contributed by atoms with Crippen LogP contribution >= 0.6 is 11.3 Å². The van der Waals surface area contributed by atoms with Crippen molar-refractivity contribution in [2.75, 3.05) is 11.9 Å². The first-order chi connectivity index (χ1) is 13.8. The third kappa shape index (κ3) is 3.08. The first kappa shape index (κ1) is 18.5. The van der Waals surface area contributed by atoms with E-state index in [9.17, 15) is 18.0 Å². The van der Waals surface area contributed by atoms with Crippen LogP contribution in [0.2, 0.25) is 0 Å². The minimum atomic E-state index is -4.30. The monoisotopic (exact) mass is 420 g/mol. The summed E-state index contributed by atoms with van der Waals surface area (Å²) in [7, 11) is 0. The first-order valence-corrected chi connectivity index (χ1v) is 10.4.